The third-order valence-corrected chi connectivity index (χ3v) is 4.04. The minimum atomic E-state index is -0.725. The highest BCUT2D eigenvalue weighted by Gasteiger charge is 2.39. The van der Waals surface area contributed by atoms with E-state index in [0.29, 0.717) is 5.56 Å². The van der Waals surface area contributed by atoms with Gasteiger partial charge in [0.1, 0.15) is 0 Å². The Morgan fingerprint density at radius 2 is 1.78 bits per heavy atom. The lowest BCUT2D eigenvalue weighted by Gasteiger charge is -2.42. The minimum absolute atomic E-state index is 0.0671. The maximum absolute atomic E-state index is 11.3. The normalized spacial score (nSPS) is 26.9. The van der Waals surface area contributed by atoms with Crippen molar-refractivity contribution in [1.29, 1.82) is 0 Å². The molecule has 1 aromatic rings. The third-order valence-electron chi connectivity index (χ3n) is 4.04. The fourth-order valence-corrected chi connectivity index (χ4v) is 3.09. The summed E-state index contributed by atoms with van der Waals surface area (Å²) in [5, 5.41) is 10.8. The Kier molecular flexibility index (Phi) is 3.33. The number of hydrogen-bond donors (Lipinski definition) is 1. The van der Waals surface area contributed by atoms with Gasteiger partial charge in [-0.2, -0.15) is 0 Å². The fourth-order valence-electron chi connectivity index (χ4n) is 3.09. The Labute approximate surface area is 109 Å². The van der Waals surface area contributed by atoms with E-state index < -0.39 is 5.60 Å². The van der Waals surface area contributed by atoms with E-state index in [1.54, 1.807) is 6.92 Å². The molecule has 1 aliphatic carbocycles. The van der Waals surface area contributed by atoms with Gasteiger partial charge in [0.05, 0.1) is 5.60 Å². The van der Waals surface area contributed by atoms with Crippen LogP contribution in [0.2, 0.25) is 0 Å². The quantitative estimate of drug-likeness (QED) is 0.808. The summed E-state index contributed by atoms with van der Waals surface area (Å²) in [6, 6.07) is 7.44. The van der Waals surface area contributed by atoms with Gasteiger partial charge >= 0.3 is 0 Å². The lowest BCUT2D eigenvalue weighted by molar-refractivity contribution is -0.0440. The first-order valence-corrected chi connectivity index (χ1v) is 6.66. The molecule has 0 aromatic heterocycles. The van der Waals surface area contributed by atoms with Crippen molar-refractivity contribution in [2.75, 3.05) is 0 Å². The summed E-state index contributed by atoms with van der Waals surface area (Å²) >= 11 is 0. The maximum atomic E-state index is 11.3. The van der Waals surface area contributed by atoms with Crippen molar-refractivity contribution in [3.63, 3.8) is 0 Å². The predicted molar refractivity (Wildman–Crippen MR) is 72.6 cm³/mol. The van der Waals surface area contributed by atoms with Crippen molar-refractivity contribution >= 4 is 5.78 Å². The molecular formula is C16H22O2. The molecule has 0 amide bonds. The highest BCUT2D eigenvalue weighted by molar-refractivity contribution is 5.94. The van der Waals surface area contributed by atoms with Gasteiger partial charge < -0.3 is 5.11 Å². The van der Waals surface area contributed by atoms with Crippen molar-refractivity contribution in [1.82, 2.24) is 0 Å². The Morgan fingerprint density at radius 1 is 1.17 bits per heavy atom. The van der Waals surface area contributed by atoms with Crippen LogP contribution in [-0.4, -0.2) is 10.9 Å². The zero-order valence-electron chi connectivity index (χ0n) is 11.5. The monoisotopic (exact) mass is 246 g/mol. The first-order chi connectivity index (χ1) is 8.32. The molecule has 1 atom stereocenters. The Hall–Kier alpha value is -1.15. The van der Waals surface area contributed by atoms with Crippen LogP contribution in [0.5, 0.6) is 0 Å². The summed E-state index contributed by atoms with van der Waals surface area (Å²) < 4.78 is 0. The molecule has 1 N–H and O–H groups in total. The summed E-state index contributed by atoms with van der Waals surface area (Å²) in [5.41, 5.74) is 1.11. The minimum Gasteiger partial charge on any atom is -0.385 e. The van der Waals surface area contributed by atoms with Crippen LogP contribution in [0.1, 0.15) is 62.4 Å². The van der Waals surface area contributed by atoms with Gasteiger partial charge in [0.15, 0.2) is 5.78 Å². The van der Waals surface area contributed by atoms with Gasteiger partial charge in [-0.1, -0.05) is 38.1 Å². The standard InChI is InChI=1S/C16H22O2/c1-12(17)13-5-7-14(8-6-13)16(18)10-4-9-15(2,3)11-16/h5-8,18H,4,9-11H2,1-3H3. The van der Waals surface area contributed by atoms with Gasteiger partial charge in [-0.05, 0) is 43.6 Å². The van der Waals surface area contributed by atoms with Crippen molar-refractivity contribution in [2.24, 2.45) is 5.41 Å². The predicted octanol–water partition coefficient (Wildman–Crippen LogP) is 3.68. The smallest absolute Gasteiger partial charge is 0.159 e. The second-order valence-corrected chi connectivity index (χ2v) is 6.36. The summed E-state index contributed by atoms with van der Waals surface area (Å²) in [6.45, 7) is 5.98. The van der Waals surface area contributed by atoms with Crippen LogP contribution in [0.15, 0.2) is 24.3 Å². The Morgan fingerprint density at radius 3 is 2.28 bits per heavy atom. The molecule has 0 aliphatic heterocycles. The van der Waals surface area contributed by atoms with Crippen LogP contribution in [-0.2, 0) is 5.60 Å². The number of Topliss-reactive ketones (excluding diaryl/α,β-unsaturated/α-hetero) is 1. The van der Waals surface area contributed by atoms with Crippen LogP contribution in [0.3, 0.4) is 0 Å². The zero-order valence-corrected chi connectivity index (χ0v) is 11.5. The molecular weight excluding hydrogens is 224 g/mol. The van der Waals surface area contributed by atoms with Crippen LogP contribution in [0.25, 0.3) is 0 Å². The molecule has 0 spiro atoms. The van der Waals surface area contributed by atoms with Crippen molar-refractivity contribution in [3.8, 4) is 0 Å². The van der Waals surface area contributed by atoms with Gasteiger partial charge in [-0.25, -0.2) is 0 Å². The second kappa shape index (κ2) is 4.51. The van der Waals surface area contributed by atoms with Crippen LogP contribution < -0.4 is 0 Å². The first-order valence-electron chi connectivity index (χ1n) is 6.66. The number of aliphatic hydroxyl groups is 1. The van der Waals surface area contributed by atoms with Crippen molar-refractivity contribution in [2.45, 2.75) is 52.1 Å². The third kappa shape index (κ3) is 2.64. The topological polar surface area (TPSA) is 37.3 Å². The van der Waals surface area contributed by atoms with Crippen molar-refractivity contribution < 1.29 is 9.90 Å². The average Bonchev–Trinajstić information content (AvgIpc) is 2.27. The van der Waals surface area contributed by atoms with E-state index in [1.165, 1.54) is 6.42 Å². The SMILES string of the molecule is CC(=O)c1ccc(C2(O)CCCC(C)(C)C2)cc1. The molecule has 1 unspecified atom stereocenters. The number of hydrogen-bond acceptors (Lipinski definition) is 2. The van der Waals surface area contributed by atoms with Gasteiger partial charge in [-0.15, -0.1) is 0 Å². The number of carbonyl (C=O) groups is 1. The number of rotatable bonds is 2. The molecule has 1 aliphatic rings. The van der Waals surface area contributed by atoms with Crippen LogP contribution >= 0.6 is 0 Å². The lowest BCUT2D eigenvalue weighted by atomic mass is 9.67. The molecule has 0 heterocycles. The largest absolute Gasteiger partial charge is 0.385 e. The molecule has 1 aromatic carbocycles. The van der Waals surface area contributed by atoms with Gasteiger partial charge in [0.25, 0.3) is 0 Å². The highest BCUT2D eigenvalue weighted by Crippen LogP contribution is 2.46. The van der Waals surface area contributed by atoms with E-state index in [-0.39, 0.29) is 11.2 Å². The Balaban J connectivity index is 2.27. The van der Waals surface area contributed by atoms with E-state index >= 15 is 0 Å². The second-order valence-electron chi connectivity index (χ2n) is 6.36. The summed E-state index contributed by atoms with van der Waals surface area (Å²) in [6.07, 6.45) is 3.83. The molecule has 0 radical (unpaired) electrons. The van der Waals surface area contributed by atoms with E-state index in [2.05, 4.69) is 13.8 Å². The molecule has 2 nitrogen and oxygen atoms in total. The van der Waals surface area contributed by atoms with E-state index in [9.17, 15) is 9.90 Å². The number of ketones is 1. The van der Waals surface area contributed by atoms with Gasteiger partial charge in [-0.3, -0.25) is 4.79 Å². The van der Waals surface area contributed by atoms with Crippen molar-refractivity contribution in [3.05, 3.63) is 35.4 Å². The highest BCUT2D eigenvalue weighted by atomic mass is 16.3. The fraction of sp³-hybridized carbons (Fsp3) is 0.562. The van der Waals surface area contributed by atoms with E-state index in [0.717, 1.165) is 24.8 Å². The first kappa shape index (κ1) is 13.3. The molecule has 1 fully saturated rings. The van der Waals surface area contributed by atoms with Crippen LogP contribution in [0, 0.1) is 5.41 Å². The van der Waals surface area contributed by atoms with E-state index in [1.807, 2.05) is 24.3 Å². The molecule has 1 saturated carbocycles. The molecule has 98 valence electrons. The van der Waals surface area contributed by atoms with E-state index in [4.69, 9.17) is 0 Å². The Bertz CT molecular complexity index is 445. The summed E-state index contributed by atoms with van der Waals surface area (Å²) in [4.78, 5) is 11.3. The molecule has 18 heavy (non-hydrogen) atoms. The molecule has 2 heteroatoms. The maximum Gasteiger partial charge on any atom is 0.159 e. The average molecular weight is 246 g/mol. The molecule has 2 rings (SSSR count). The summed E-state index contributed by atoms with van der Waals surface area (Å²) in [5.74, 6) is 0.0671. The molecule has 0 saturated heterocycles. The zero-order chi connectivity index (χ0) is 13.4. The van der Waals surface area contributed by atoms with Gasteiger partial charge in [0, 0.05) is 5.56 Å². The summed E-state index contributed by atoms with van der Waals surface area (Å²) in [7, 11) is 0. The van der Waals surface area contributed by atoms with Gasteiger partial charge in [0.2, 0.25) is 0 Å². The van der Waals surface area contributed by atoms with Crippen LogP contribution in [0.4, 0.5) is 0 Å². The lowest BCUT2D eigenvalue weighted by Crippen LogP contribution is -2.36. The molecule has 0 bridgehead atoms. The number of benzene rings is 1. The number of carbonyl (C=O) groups excluding carboxylic acids is 1.